The average Bonchev–Trinajstić information content (AvgIpc) is 2.41. The summed E-state index contributed by atoms with van der Waals surface area (Å²) in [7, 11) is 0. The summed E-state index contributed by atoms with van der Waals surface area (Å²) in [6.07, 6.45) is 2.42. The van der Waals surface area contributed by atoms with E-state index in [0.717, 1.165) is 22.3 Å². The van der Waals surface area contributed by atoms with Crippen molar-refractivity contribution in [3.8, 4) is 0 Å². The third kappa shape index (κ3) is 3.32. The van der Waals surface area contributed by atoms with E-state index in [1.165, 1.54) is 17.8 Å². The van der Waals surface area contributed by atoms with Crippen LogP contribution in [0.5, 0.6) is 0 Å². The maximum Gasteiger partial charge on any atom is 0.354 e. The molecule has 0 atom stereocenters. The van der Waals surface area contributed by atoms with E-state index in [2.05, 4.69) is 39.2 Å². The van der Waals surface area contributed by atoms with Crippen LogP contribution in [0.25, 0.3) is 0 Å². The van der Waals surface area contributed by atoms with Gasteiger partial charge in [-0.05, 0) is 42.3 Å². The number of aromatic carboxylic acids is 1. The second kappa shape index (κ2) is 5.84. The second-order valence-corrected chi connectivity index (χ2v) is 4.93. The number of hydrogen-bond donors (Lipinski definition) is 2. The first-order valence-electron chi connectivity index (χ1n) is 5.85. The van der Waals surface area contributed by atoms with Crippen LogP contribution in [0.2, 0.25) is 0 Å². The zero-order chi connectivity index (χ0) is 13.8. The molecule has 0 saturated heterocycles. The van der Waals surface area contributed by atoms with Gasteiger partial charge in [0.05, 0.1) is 11.9 Å². The molecule has 0 fully saturated rings. The Labute approximate surface area is 119 Å². The monoisotopic (exact) mass is 320 g/mol. The van der Waals surface area contributed by atoms with Crippen molar-refractivity contribution in [1.82, 2.24) is 4.98 Å². The largest absolute Gasteiger partial charge is 0.477 e. The zero-order valence-electron chi connectivity index (χ0n) is 10.4. The molecule has 2 rings (SSSR count). The highest BCUT2D eigenvalue weighted by Crippen LogP contribution is 2.24. The van der Waals surface area contributed by atoms with Gasteiger partial charge < -0.3 is 10.4 Å². The fourth-order valence-electron chi connectivity index (χ4n) is 1.73. The second-order valence-electron chi connectivity index (χ2n) is 4.02. The van der Waals surface area contributed by atoms with Crippen LogP contribution in [-0.4, -0.2) is 16.1 Å². The first-order chi connectivity index (χ1) is 9.10. The molecular formula is C14H13BrN2O2. The highest BCUT2D eigenvalue weighted by molar-refractivity contribution is 9.10. The topological polar surface area (TPSA) is 62.2 Å². The molecule has 0 spiro atoms. The molecule has 19 heavy (non-hydrogen) atoms. The number of aryl methyl sites for hydroxylation is 1. The van der Waals surface area contributed by atoms with Crippen molar-refractivity contribution in [2.75, 3.05) is 5.32 Å². The van der Waals surface area contributed by atoms with E-state index in [-0.39, 0.29) is 5.69 Å². The maximum atomic E-state index is 10.7. The van der Waals surface area contributed by atoms with E-state index in [1.54, 1.807) is 6.07 Å². The summed E-state index contributed by atoms with van der Waals surface area (Å²) >= 11 is 3.44. The molecule has 5 heteroatoms. The Balaban J connectivity index is 2.23. The van der Waals surface area contributed by atoms with E-state index in [0.29, 0.717) is 0 Å². The van der Waals surface area contributed by atoms with Gasteiger partial charge in [0.1, 0.15) is 5.69 Å². The molecule has 0 aliphatic heterocycles. The Morgan fingerprint density at radius 1 is 1.37 bits per heavy atom. The van der Waals surface area contributed by atoms with Gasteiger partial charge in [-0.1, -0.05) is 22.9 Å². The van der Waals surface area contributed by atoms with Crippen molar-refractivity contribution in [2.24, 2.45) is 0 Å². The third-order valence-electron chi connectivity index (χ3n) is 2.71. The number of carbonyl (C=O) groups is 1. The van der Waals surface area contributed by atoms with Crippen LogP contribution in [0.1, 0.15) is 23.0 Å². The number of nitrogens with zero attached hydrogens (tertiary/aromatic N) is 1. The van der Waals surface area contributed by atoms with Crippen LogP contribution >= 0.6 is 15.9 Å². The molecule has 2 aromatic rings. The summed E-state index contributed by atoms with van der Waals surface area (Å²) in [5.74, 6) is -1.02. The van der Waals surface area contributed by atoms with Crippen LogP contribution in [0.3, 0.4) is 0 Å². The molecule has 1 aromatic heterocycles. The van der Waals surface area contributed by atoms with E-state index >= 15 is 0 Å². The summed E-state index contributed by atoms with van der Waals surface area (Å²) in [6.45, 7) is 2.08. The maximum absolute atomic E-state index is 10.7. The summed E-state index contributed by atoms with van der Waals surface area (Å²) in [5, 5.41) is 12.0. The lowest BCUT2D eigenvalue weighted by Gasteiger charge is -2.11. The number of carboxylic acid groups (broad SMARTS) is 1. The van der Waals surface area contributed by atoms with Crippen LogP contribution in [-0.2, 0) is 6.42 Å². The SMILES string of the molecule is CCc1cc(Br)ccc1Nc1ccc(C(=O)O)nc1. The number of nitrogens with one attached hydrogen (secondary N) is 1. The van der Waals surface area contributed by atoms with Gasteiger partial charge in [0, 0.05) is 10.2 Å². The molecule has 0 aliphatic carbocycles. The first kappa shape index (κ1) is 13.5. The molecule has 1 aromatic carbocycles. The quantitative estimate of drug-likeness (QED) is 0.898. The summed E-state index contributed by atoms with van der Waals surface area (Å²) in [5.41, 5.74) is 2.98. The van der Waals surface area contributed by atoms with Crippen LogP contribution in [0.4, 0.5) is 11.4 Å². The number of anilines is 2. The van der Waals surface area contributed by atoms with Gasteiger partial charge in [0.15, 0.2) is 0 Å². The van der Waals surface area contributed by atoms with Crippen molar-refractivity contribution >= 4 is 33.3 Å². The van der Waals surface area contributed by atoms with E-state index in [1.807, 2.05) is 12.1 Å². The number of benzene rings is 1. The molecule has 98 valence electrons. The summed E-state index contributed by atoms with van der Waals surface area (Å²) < 4.78 is 1.04. The minimum atomic E-state index is -1.02. The number of pyridine rings is 1. The predicted molar refractivity (Wildman–Crippen MR) is 78.0 cm³/mol. The molecule has 0 bridgehead atoms. The van der Waals surface area contributed by atoms with Crippen molar-refractivity contribution in [2.45, 2.75) is 13.3 Å². The normalized spacial score (nSPS) is 10.2. The van der Waals surface area contributed by atoms with Gasteiger partial charge in [0.25, 0.3) is 0 Å². The Morgan fingerprint density at radius 2 is 2.16 bits per heavy atom. The molecule has 0 unspecified atom stereocenters. The van der Waals surface area contributed by atoms with Gasteiger partial charge in [0.2, 0.25) is 0 Å². The van der Waals surface area contributed by atoms with E-state index < -0.39 is 5.97 Å². The highest BCUT2D eigenvalue weighted by atomic mass is 79.9. The molecule has 0 amide bonds. The minimum Gasteiger partial charge on any atom is -0.477 e. The van der Waals surface area contributed by atoms with Gasteiger partial charge in [-0.2, -0.15) is 0 Å². The highest BCUT2D eigenvalue weighted by Gasteiger charge is 2.05. The minimum absolute atomic E-state index is 0.0390. The molecule has 2 N–H and O–H groups in total. The van der Waals surface area contributed by atoms with Crippen molar-refractivity contribution in [3.63, 3.8) is 0 Å². The Hall–Kier alpha value is -1.88. The smallest absolute Gasteiger partial charge is 0.354 e. The Kier molecular flexibility index (Phi) is 4.16. The lowest BCUT2D eigenvalue weighted by atomic mass is 10.1. The van der Waals surface area contributed by atoms with Crippen molar-refractivity contribution < 1.29 is 9.90 Å². The van der Waals surface area contributed by atoms with Crippen LogP contribution < -0.4 is 5.32 Å². The van der Waals surface area contributed by atoms with Crippen LogP contribution in [0, 0.1) is 0 Å². The fourth-order valence-corrected chi connectivity index (χ4v) is 2.14. The Bertz CT molecular complexity index is 597. The predicted octanol–water partition coefficient (Wildman–Crippen LogP) is 3.85. The molecule has 0 aliphatic rings. The van der Waals surface area contributed by atoms with Crippen LogP contribution in [0.15, 0.2) is 41.0 Å². The van der Waals surface area contributed by atoms with Crippen molar-refractivity contribution in [1.29, 1.82) is 0 Å². The third-order valence-corrected chi connectivity index (χ3v) is 3.20. The number of hydrogen-bond acceptors (Lipinski definition) is 3. The Morgan fingerprint density at radius 3 is 2.74 bits per heavy atom. The number of rotatable bonds is 4. The standard InChI is InChI=1S/C14H13BrN2O2/c1-2-9-7-10(15)3-5-12(9)17-11-4-6-13(14(18)19)16-8-11/h3-8,17H,2H2,1H3,(H,18,19). The molecule has 0 radical (unpaired) electrons. The lowest BCUT2D eigenvalue weighted by Crippen LogP contribution is -2.01. The summed E-state index contributed by atoms with van der Waals surface area (Å²) in [4.78, 5) is 14.6. The van der Waals surface area contributed by atoms with E-state index in [4.69, 9.17) is 5.11 Å². The van der Waals surface area contributed by atoms with Gasteiger partial charge >= 0.3 is 5.97 Å². The average molecular weight is 321 g/mol. The van der Waals surface area contributed by atoms with Gasteiger partial charge in [-0.25, -0.2) is 9.78 Å². The lowest BCUT2D eigenvalue weighted by molar-refractivity contribution is 0.0690. The van der Waals surface area contributed by atoms with Crippen molar-refractivity contribution in [3.05, 3.63) is 52.3 Å². The fraction of sp³-hybridized carbons (Fsp3) is 0.143. The molecule has 1 heterocycles. The molecule has 0 saturated carbocycles. The molecular weight excluding hydrogens is 308 g/mol. The van der Waals surface area contributed by atoms with Gasteiger partial charge in [-0.15, -0.1) is 0 Å². The number of halogens is 1. The first-order valence-corrected chi connectivity index (χ1v) is 6.64. The summed E-state index contributed by atoms with van der Waals surface area (Å²) in [6, 6.07) is 9.18. The zero-order valence-corrected chi connectivity index (χ0v) is 11.9. The molecule has 4 nitrogen and oxygen atoms in total. The van der Waals surface area contributed by atoms with E-state index in [9.17, 15) is 4.79 Å². The number of carboxylic acids is 1. The van der Waals surface area contributed by atoms with Gasteiger partial charge in [-0.3, -0.25) is 0 Å². The number of aromatic nitrogens is 1.